The summed E-state index contributed by atoms with van der Waals surface area (Å²) >= 11 is 0. The van der Waals surface area contributed by atoms with E-state index in [2.05, 4.69) is 10.0 Å². The first-order valence-corrected chi connectivity index (χ1v) is 6.75. The molecule has 4 N–H and O–H groups in total. The molecular formula is C9H21N3O3S. The van der Waals surface area contributed by atoms with Gasteiger partial charge in [-0.3, -0.25) is 4.79 Å². The molecule has 96 valence electrons. The summed E-state index contributed by atoms with van der Waals surface area (Å²) in [5.41, 5.74) is 4.76. The maximum Gasteiger partial charge on any atom is 0.238 e. The topological polar surface area (TPSA) is 101 Å². The lowest BCUT2D eigenvalue weighted by atomic mass is 10.1. The molecule has 0 heterocycles. The van der Waals surface area contributed by atoms with Gasteiger partial charge in [0.05, 0.1) is 11.8 Å². The predicted octanol–water partition coefficient (Wildman–Crippen LogP) is -0.832. The van der Waals surface area contributed by atoms with Gasteiger partial charge in [-0.2, -0.15) is 0 Å². The fraction of sp³-hybridized carbons (Fsp3) is 0.889. The van der Waals surface area contributed by atoms with Crippen LogP contribution in [0, 0.1) is 0 Å². The Kier molecular flexibility index (Phi) is 5.37. The highest BCUT2D eigenvalue weighted by atomic mass is 32.2. The van der Waals surface area contributed by atoms with Gasteiger partial charge < -0.3 is 11.1 Å². The van der Waals surface area contributed by atoms with Crippen molar-refractivity contribution in [2.24, 2.45) is 5.73 Å². The third-order valence-corrected chi connectivity index (χ3v) is 3.12. The van der Waals surface area contributed by atoms with Crippen molar-refractivity contribution in [3.05, 3.63) is 0 Å². The standard InChI is InChI=1S/C9H21N3O3S/c1-7(8(13)11-9(2,3)4)12-16(14,15)6-5-10/h7,12H,5-6,10H2,1-4H3,(H,11,13). The lowest BCUT2D eigenvalue weighted by molar-refractivity contribution is -0.123. The van der Waals surface area contributed by atoms with E-state index in [-0.39, 0.29) is 23.7 Å². The van der Waals surface area contributed by atoms with E-state index in [0.29, 0.717) is 0 Å². The zero-order valence-corrected chi connectivity index (χ0v) is 11.0. The Morgan fingerprint density at radius 2 is 1.88 bits per heavy atom. The Hall–Kier alpha value is -0.660. The van der Waals surface area contributed by atoms with Crippen LogP contribution in [0.25, 0.3) is 0 Å². The van der Waals surface area contributed by atoms with Crippen LogP contribution < -0.4 is 15.8 Å². The van der Waals surface area contributed by atoms with Crippen molar-refractivity contribution in [2.75, 3.05) is 12.3 Å². The Morgan fingerprint density at radius 3 is 2.25 bits per heavy atom. The summed E-state index contributed by atoms with van der Waals surface area (Å²) in [7, 11) is -3.47. The molecule has 7 heteroatoms. The molecule has 1 amide bonds. The van der Waals surface area contributed by atoms with E-state index in [1.54, 1.807) is 0 Å². The van der Waals surface area contributed by atoms with E-state index in [1.807, 2.05) is 20.8 Å². The lowest BCUT2D eigenvalue weighted by Gasteiger charge is -2.23. The number of nitrogens with one attached hydrogen (secondary N) is 2. The van der Waals surface area contributed by atoms with Gasteiger partial charge in [0.1, 0.15) is 0 Å². The van der Waals surface area contributed by atoms with Crippen LogP contribution in [-0.4, -0.2) is 38.2 Å². The molecule has 1 atom stereocenters. The largest absolute Gasteiger partial charge is 0.350 e. The summed E-state index contributed by atoms with van der Waals surface area (Å²) < 4.78 is 24.9. The van der Waals surface area contributed by atoms with Crippen molar-refractivity contribution in [1.29, 1.82) is 0 Å². The number of hydrogen-bond acceptors (Lipinski definition) is 4. The number of carbonyl (C=O) groups excluding carboxylic acids is 1. The molecule has 0 saturated carbocycles. The van der Waals surface area contributed by atoms with Gasteiger partial charge in [-0.25, -0.2) is 13.1 Å². The second-order valence-electron chi connectivity index (χ2n) is 4.69. The smallest absolute Gasteiger partial charge is 0.238 e. The SMILES string of the molecule is CC(NS(=O)(=O)CCN)C(=O)NC(C)(C)C. The van der Waals surface area contributed by atoms with Gasteiger partial charge in [0.15, 0.2) is 0 Å². The first-order chi connectivity index (χ1) is 7.07. The third-order valence-electron chi connectivity index (χ3n) is 1.63. The Bertz CT molecular complexity index is 332. The van der Waals surface area contributed by atoms with Gasteiger partial charge >= 0.3 is 0 Å². The van der Waals surface area contributed by atoms with Crippen LogP contribution in [0.3, 0.4) is 0 Å². The van der Waals surface area contributed by atoms with E-state index in [4.69, 9.17) is 5.73 Å². The highest BCUT2D eigenvalue weighted by Gasteiger charge is 2.22. The Labute approximate surface area is 97.0 Å². The predicted molar refractivity (Wildman–Crippen MR) is 63.3 cm³/mol. The molecule has 0 spiro atoms. The normalized spacial score (nSPS) is 14.6. The van der Waals surface area contributed by atoms with E-state index >= 15 is 0 Å². The first-order valence-electron chi connectivity index (χ1n) is 5.09. The molecule has 6 nitrogen and oxygen atoms in total. The molecule has 0 bridgehead atoms. The third kappa shape index (κ3) is 6.76. The van der Waals surface area contributed by atoms with Crippen molar-refractivity contribution in [2.45, 2.75) is 39.3 Å². The summed E-state index contributed by atoms with van der Waals surface area (Å²) in [6.07, 6.45) is 0. The zero-order valence-electron chi connectivity index (χ0n) is 10.2. The van der Waals surface area contributed by atoms with Crippen molar-refractivity contribution in [1.82, 2.24) is 10.0 Å². The minimum Gasteiger partial charge on any atom is -0.350 e. The molecule has 0 aromatic heterocycles. The number of carbonyl (C=O) groups is 1. The Morgan fingerprint density at radius 1 is 1.38 bits per heavy atom. The van der Waals surface area contributed by atoms with Crippen molar-refractivity contribution in [3.63, 3.8) is 0 Å². The van der Waals surface area contributed by atoms with Crippen LogP contribution in [0.1, 0.15) is 27.7 Å². The van der Waals surface area contributed by atoms with Gasteiger partial charge in [0.25, 0.3) is 0 Å². The zero-order chi connectivity index (χ0) is 13.0. The molecule has 0 aliphatic rings. The lowest BCUT2D eigenvalue weighted by Crippen LogP contribution is -2.51. The molecule has 0 aromatic carbocycles. The number of rotatable bonds is 5. The summed E-state index contributed by atoms with van der Waals surface area (Å²) in [5, 5.41) is 2.69. The maximum atomic E-state index is 11.6. The highest BCUT2D eigenvalue weighted by molar-refractivity contribution is 7.89. The minimum atomic E-state index is -3.47. The molecule has 0 aromatic rings. The van der Waals surface area contributed by atoms with Gasteiger partial charge in [0.2, 0.25) is 15.9 Å². The molecule has 0 aliphatic carbocycles. The average Bonchev–Trinajstić information content (AvgIpc) is 1.99. The van der Waals surface area contributed by atoms with Gasteiger partial charge in [-0.1, -0.05) is 0 Å². The maximum absolute atomic E-state index is 11.6. The molecular weight excluding hydrogens is 230 g/mol. The number of amides is 1. The van der Waals surface area contributed by atoms with Crippen molar-refractivity contribution >= 4 is 15.9 Å². The summed E-state index contributed by atoms with van der Waals surface area (Å²) in [4.78, 5) is 11.6. The molecule has 0 aliphatic heterocycles. The monoisotopic (exact) mass is 251 g/mol. The van der Waals surface area contributed by atoms with E-state index in [0.717, 1.165) is 0 Å². The number of hydrogen-bond donors (Lipinski definition) is 3. The van der Waals surface area contributed by atoms with Gasteiger partial charge in [0, 0.05) is 12.1 Å². The van der Waals surface area contributed by atoms with Gasteiger partial charge in [-0.05, 0) is 27.7 Å². The highest BCUT2D eigenvalue weighted by Crippen LogP contribution is 2.00. The van der Waals surface area contributed by atoms with E-state index in [9.17, 15) is 13.2 Å². The average molecular weight is 251 g/mol. The van der Waals surface area contributed by atoms with E-state index < -0.39 is 16.1 Å². The van der Waals surface area contributed by atoms with Crippen LogP contribution in [0.2, 0.25) is 0 Å². The second kappa shape index (κ2) is 5.60. The second-order valence-corrected chi connectivity index (χ2v) is 6.56. The molecule has 0 rings (SSSR count). The van der Waals surface area contributed by atoms with Crippen LogP contribution in [-0.2, 0) is 14.8 Å². The molecule has 0 saturated heterocycles. The quantitative estimate of drug-likeness (QED) is 0.593. The number of nitrogens with two attached hydrogens (primary N) is 1. The van der Waals surface area contributed by atoms with Gasteiger partial charge in [-0.15, -0.1) is 0 Å². The minimum absolute atomic E-state index is 0.0307. The van der Waals surface area contributed by atoms with Crippen LogP contribution in [0.15, 0.2) is 0 Å². The molecule has 0 radical (unpaired) electrons. The van der Waals surface area contributed by atoms with Crippen LogP contribution >= 0.6 is 0 Å². The van der Waals surface area contributed by atoms with Crippen LogP contribution in [0.4, 0.5) is 0 Å². The fourth-order valence-electron chi connectivity index (χ4n) is 1.01. The molecule has 1 unspecified atom stereocenters. The summed E-state index contributed by atoms with van der Waals surface area (Å²) in [6.45, 7) is 7.00. The van der Waals surface area contributed by atoms with Crippen molar-refractivity contribution < 1.29 is 13.2 Å². The fourth-order valence-corrected chi connectivity index (χ4v) is 2.09. The van der Waals surface area contributed by atoms with Crippen molar-refractivity contribution in [3.8, 4) is 0 Å². The molecule has 16 heavy (non-hydrogen) atoms. The first kappa shape index (κ1) is 15.3. The summed E-state index contributed by atoms with van der Waals surface area (Å²) in [5.74, 6) is -0.534. The number of sulfonamides is 1. The van der Waals surface area contributed by atoms with E-state index in [1.165, 1.54) is 6.92 Å². The van der Waals surface area contributed by atoms with Crippen LogP contribution in [0.5, 0.6) is 0 Å². The molecule has 0 fully saturated rings. The Balaban J connectivity index is 4.37. The summed E-state index contributed by atoms with van der Waals surface area (Å²) in [6, 6.07) is -0.796.